The molecule has 0 radical (unpaired) electrons. The Morgan fingerprint density at radius 2 is 2.44 bits per heavy atom. The SMILES string of the molecule is C#CC(N)C1(C)CC1F. The molecule has 0 aromatic carbocycles. The fraction of sp³-hybridized carbons (Fsp3) is 0.714. The lowest BCUT2D eigenvalue weighted by Crippen LogP contribution is -2.29. The summed E-state index contributed by atoms with van der Waals surface area (Å²) in [4.78, 5) is 0. The van der Waals surface area contributed by atoms with Gasteiger partial charge in [-0.15, -0.1) is 6.42 Å². The molecule has 2 heteroatoms. The summed E-state index contributed by atoms with van der Waals surface area (Å²) in [5.74, 6) is 2.34. The van der Waals surface area contributed by atoms with Gasteiger partial charge in [0.25, 0.3) is 0 Å². The van der Waals surface area contributed by atoms with E-state index in [-0.39, 0.29) is 0 Å². The van der Waals surface area contributed by atoms with E-state index >= 15 is 0 Å². The maximum Gasteiger partial charge on any atom is 0.109 e. The first-order valence-electron chi connectivity index (χ1n) is 2.97. The van der Waals surface area contributed by atoms with Crippen molar-refractivity contribution in [2.24, 2.45) is 11.1 Å². The first-order valence-corrected chi connectivity index (χ1v) is 2.97. The second kappa shape index (κ2) is 1.71. The highest BCUT2D eigenvalue weighted by molar-refractivity contribution is 5.16. The monoisotopic (exact) mass is 127 g/mol. The van der Waals surface area contributed by atoms with Crippen LogP contribution in [-0.4, -0.2) is 12.2 Å². The van der Waals surface area contributed by atoms with E-state index in [1.54, 1.807) is 6.92 Å². The Bertz CT molecular complexity index is 161. The zero-order chi connectivity index (χ0) is 7.07. The molecule has 1 saturated carbocycles. The molecule has 1 fully saturated rings. The molecule has 3 atom stereocenters. The molecule has 50 valence electrons. The lowest BCUT2D eigenvalue weighted by molar-refractivity contribution is 0.360. The van der Waals surface area contributed by atoms with E-state index in [4.69, 9.17) is 12.2 Å². The highest BCUT2D eigenvalue weighted by Crippen LogP contribution is 2.49. The third-order valence-electron chi connectivity index (χ3n) is 2.06. The van der Waals surface area contributed by atoms with Crippen LogP contribution in [0.3, 0.4) is 0 Å². The molecule has 0 aliphatic heterocycles. The third kappa shape index (κ3) is 0.818. The molecule has 3 unspecified atom stereocenters. The molecule has 1 nitrogen and oxygen atoms in total. The van der Waals surface area contributed by atoms with Crippen LogP contribution in [0.4, 0.5) is 4.39 Å². The minimum absolute atomic E-state index is 0.408. The van der Waals surface area contributed by atoms with Crippen LogP contribution in [0.2, 0.25) is 0 Å². The first kappa shape index (κ1) is 6.57. The maximum atomic E-state index is 12.4. The van der Waals surface area contributed by atoms with Gasteiger partial charge in [0.15, 0.2) is 0 Å². The third-order valence-corrected chi connectivity index (χ3v) is 2.06. The zero-order valence-electron chi connectivity index (χ0n) is 5.39. The van der Waals surface area contributed by atoms with E-state index in [0.29, 0.717) is 6.42 Å². The molecule has 0 aromatic heterocycles. The lowest BCUT2D eigenvalue weighted by Gasteiger charge is -2.10. The normalized spacial score (nSPS) is 43.6. The van der Waals surface area contributed by atoms with Crippen molar-refractivity contribution < 1.29 is 4.39 Å². The molecule has 0 amide bonds. The topological polar surface area (TPSA) is 26.0 Å². The largest absolute Gasteiger partial charge is 0.317 e. The van der Waals surface area contributed by atoms with Crippen LogP contribution >= 0.6 is 0 Å². The average Bonchev–Trinajstić information content (AvgIpc) is 2.41. The van der Waals surface area contributed by atoms with Gasteiger partial charge in [0.2, 0.25) is 0 Å². The second-order valence-corrected chi connectivity index (χ2v) is 2.82. The predicted molar refractivity (Wildman–Crippen MR) is 34.4 cm³/mol. The predicted octanol–water partition coefficient (Wildman–Crippen LogP) is 0.695. The molecule has 0 saturated heterocycles. The standard InChI is InChI=1S/C7H10FN/c1-3-6(9)7(2)4-5(7)8/h1,5-6H,4,9H2,2H3. The summed E-state index contributed by atoms with van der Waals surface area (Å²) in [6.07, 6.45) is 4.77. The van der Waals surface area contributed by atoms with Crippen molar-refractivity contribution in [2.75, 3.05) is 0 Å². The Kier molecular flexibility index (Phi) is 1.25. The number of terminal acetylenes is 1. The first-order chi connectivity index (χ1) is 4.11. The highest BCUT2D eigenvalue weighted by Gasteiger charge is 2.54. The van der Waals surface area contributed by atoms with E-state index in [0.717, 1.165) is 0 Å². The fourth-order valence-electron chi connectivity index (χ4n) is 0.839. The summed E-state index contributed by atoms with van der Waals surface area (Å²) in [7, 11) is 0. The molecular formula is C7H10FN. The molecule has 2 N–H and O–H groups in total. The summed E-state index contributed by atoms with van der Waals surface area (Å²) < 4.78 is 12.4. The summed E-state index contributed by atoms with van der Waals surface area (Å²) >= 11 is 0. The molecule has 1 aliphatic carbocycles. The minimum Gasteiger partial charge on any atom is -0.317 e. The summed E-state index contributed by atoms with van der Waals surface area (Å²) in [5, 5.41) is 0. The lowest BCUT2D eigenvalue weighted by atomic mass is 10.0. The van der Waals surface area contributed by atoms with Gasteiger partial charge < -0.3 is 5.73 Å². The summed E-state index contributed by atoms with van der Waals surface area (Å²) in [5.41, 5.74) is 5.02. The Balaban J connectivity index is 2.56. The van der Waals surface area contributed by atoms with Gasteiger partial charge >= 0.3 is 0 Å². The number of halogens is 1. The van der Waals surface area contributed by atoms with Crippen LogP contribution in [0, 0.1) is 17.8 Å². The summed E-state index contributed by atoms with van der Waals surface area (Å²) in [6, 6.07) is -0.410. The zero-order valence-corrected chi connectivity index (χ0v) is 5.39. The number of nitrogens with two attached hydrogens (primary N) is 1. The van der Waals surface area contributed by atoms with Crippen molar-refractivity contribution in [2.45, 2.75) is 25.6 Å². The Hall–Kier alpha value is -0.550. The highest BCUT2D eigenvalue weighted by atomic mass is 19.1. The van der Waals surface area contributed by atoms with Crippen LogP contribution < -0.4 is 5.73 Å². The van der Waals surface area contributed by atoms with Gasteiger partial charge in [-0.2, -0.15) is 0 Å². The van der Waals surface area contributed by atoms with Crippen molar-refractivity contribution >= 4 is 0 Å². The molecule has 0 bridgehead atoms. The van der Waals surface area contributed by atoms with Crippen molar-refractivity contribution in [3.05, 3.63) is 0 Å². The fourth-order valence-corrected chi connectivity index (χ4v) is 0.839. The number of alkyl halides is 1. The van der Waals surface area contributed by atoms with Crippen LogP contribution in [0.25, 0.3) is 0 Å². The molecule has 9 heavy (non-hydrogen) atoms. The number of hydrogen-bond acceptors (Lipinski definition) is 1. The van der Waals surface area contributed by atoms with Crippen molar-refractivity contribution in [1.29, 1.82) is 0 Å². The number of hydrogen-bond donors (Lipinski definition) is 1. The van der Waals surface area contributed by atoms with Gasteiger partial charge in [-0.05, 0) is 6.42 Å². The molecule has 0 heterocycles. The van der Waals surface area contributed by atoms with Gasteiger partial charge in [-0.25, -0.2) is 4.39 Å². The van der Waals surface area contributed by atoms with E-state index in [1.807, 2.05) is 0 Å². The molecule has 0 aromatic rings. The smallest absolute Gasteiger partial charge is 0.109 e. The van der Waals surface area contributed by atoms with E-state index in [1.165, 1.54) is 0 Å². The van der Waals surface area contributed by atoms with Gasteiger partial charge in [0.1, 0.15) is 6.17 Å². The van der Waals surface area contributed by atoms with E-state index in [9.17, 15) is 4.39 Å². The van der Waals surface area contributed by atoms with Gasteiger partial charge in [0.05, 0.1) is 6.04 Å². The molecule has 1 aliphatic rings. The summed E-state index contributed by atoms with van der Waals surface area (Å²) in [6.45, 7) is 1.78. The van der Waals surface area contributed by atoms with Crippen LogP contribution in [0.15, 0.2) is 0 Å². The van der Waals surface area contributed by atoms with Gasteiger partial charge in [-0.1, -0.05) is 12.8 Å². The Morgan fingerprint density at radius 1 is 2.00 bits per heavy atom. The van der Waals surface area contributed by atoms with E-state index < -0.39 is 17.6 Å². The molecule has 1 rings (SSSR count). The van der Waals surface area contributed by atoms with Gasteiger partial charge in [-0.3, -0.25) is 0 Å². The van der Waals surface area contributed by atoms with Crippen LogP contribution in [0.5, 0.6) is 0 Å². The Morgan fingerprint density at radius 3 is 2.56 bits per heavy atom. The van der Waals surface area contributed by atoms with Crippen molar-refractivity contribution in [1.82, 2.24) is 0 Å². The maximum absolute atomic E-state index is 12.4. The quantitative estimate of drug-likeness (QED) is 0.515. The van der Waals surface area contributed by atoms with Gasteiger partial charge in [0, 0.05) is 5.41 Å². The number of rotatable bonds is 1. The van der Waals surface area contributed by atoms with Crippen LogP contribution in [0.1, 0.15) is 13.3 Å². The van der Waals surface area contributed by atoms with Crippen LogP contribution in [-0.2, 0) is 0 Å². The van der Waals surface area contributed by atoms with E-state index in [2.05, 4.69) is 5.92 Å². The second-order valence-electron chi connectivity index (χ2n) is 2.82. The Labute approximate surface area is 54.4 Å². The average molecular weight is 127 g/mol. The minimum atomic E-state index is -0.774. The molecule has 0 spiro atoms. The molecular weight excluding hydrogens is 117 g/mol. The van der Waals surface area contributed by atoms with Crippen molar-refractivity contribution in [3.8, 4) is 12.3 Å². The van der Waals surface area contributed by atoms with Crippen molar-refractivity contribution in [3.63, 3.8) is 0 Å².